The van der Waals surface area contributed by atoms with Gasteiger partial charge in [-0.25, -0.2) is 4.99 Å². The number of carbonyl (C=O) groups excluding carboxylic acids is 2. The average molecular weight is 421 g/mol. The number of amidine groups is 1. The molecule has 29 heavy (non-hydrogen) atoms. The SMILES string of the molecule is Cc1ccc(NC(=O)CC2SC(=Nc3cccc(C(F)(F)F)c3)N(C)C2=O)cc1. The van der Waals surface area contributed by atoms with Crippen molar-refractivity contribution in [2.75, 3.05) is 12.4 Å². The van der Waals surface area contributed by atoms with Gasteiger partial charge in [-0.05, 0) is 37.3 Å². The van der Waals surface area contributed by atoms with Gasteiger partial charge in [0.1, 0.15) is 5.25 Å². The molecule has 0 bridgehead atoms. The van der Waals surface area contributed by atoms with E-state index in [9.17, 15) is 22.8 Å². The Labute approximate surface area is 170 Å². The van der Waals surface area contributed by atoms with E-state index in [2.05, 4.69) is 10.3 Å². The van der Waals surface area contributed by atoms with E-state index in [-0.39, 0.29) is 29.1 Å². The van der Waals surface area contributed by atoms with Crippen molar-refractivity contribution in [1.82, 2.24) is 4.90 Å². The van der Waals surface area contributed by atoms with Crippen LogP contribution < -0.4 is 5.32 Å². The standard InChI is InChI=1S/C20H18F3N3O2S/c1-12-6-8-14(9-7-12)24-17(27)11-16-18(28)26(2)19(29-16)25-15-5-3-4-13(10-15)20(21,22)23/h3-10,16H,11H2,1-2H3,(H,24,27). The third-order valence-corrected chi connectivity index (χ3v) is 5.47. The normalized spacial score (nSPS) is 18.4. The summed E-state index contributed by atoms with van der Waals surface area (Å²) in [5.41, 5.74) is 0.959. The molecule has 152 valence electrons. The largest absolute Gasteiger partial charge is 0.416 e. The van der Waals surface area contributed by atoms with Crippen LogP contribution in [0.25, 0.3) is 0 Å². The first kappa shape index (κ1) is 20.9. The molecule has 2 aromatic rings. The Balaban J connectivity index is 1.70. The van der Waals surface area contributed by atoms with Crippen LogP contribution in [0.3, 0.4) is 0 Å². The molecule has 0 saturated carbocycles. The molecule has 1 atom stereocenters. The Morgan fingerprint density at radius 3 is 2.55 bits per heavy atom. The fourth-order valence-electron chi connectivity index (χ4n) is 2.68. The molecule has 0 aromatic heterocycles. The average Bonchev–Trinajstić information content (AvgIpc) is 2.91. The van der Waals surface area contributed by atoms with Crippen molar-refractivity contribution in [1.29, 1.82) is 0 Å². The van der Waals surface area contributed by atoms with Crippen LogP contribution in [-0.4, -0.2) is 34.2 Å². The Hall–Kier alpha value is -2.81. The molecule has 2 amide bonds. The summed E-state index contributed by atoms with van der Waals surface area (Å²) in [5.74, 6) is -0.645. The molecule has 1 aliphatic rings. The van der Waals surface area contributed by atoms with Gasteiger partial charge in [0.2, 0.25) is 11.8 Å². The van der Waals surface area contributed by atoms with Gasteiger partial charge in [-0.15, -0.1) is 0 Å². The van der Waals surface area contributed by atoms with Gasteiger partial charge in [-0.1, -0.05) is 35.5 Å². The van der Waals surface area contributed by atoms with Gasteiger partial charge in [0.05, 0.1) is 11.3 Å². The summed E-state index contributed by atoms with van der Waals surface area (Å²) < 4.78 is 38.6. The molecule has 1 N–H and O–H groups in total. The van der Waals surface area contributed by atoms with Crippen molar-refractivity contribution in [3.63, 3.8) is 0 Å². The maximum Gasteiger partial charge on any atom is 0.416 e. The number of benzene rings is 2. The fourth-order valence-corrected chi connectivity index (χ4v) is 3.83. The maximum atomic E-state index is 12.9. The smallest absolute Gasteiger partial charge is 0.326 e. The van der Waals surface area contributed by atoms with Crippen molar-refractivity contribution in [3.8, 4) is 0 Å². The maximum absolute atomic E-state index is 12.9. The van der Waals surface area contributed by atoms with Crippen molar-refractivity contribution in [3.05, 3.63) is 59.7 Å². The summed E-state index contributed by atoms with van der Waals surface area (Å²) in [5, 5.41) is 2.30. The van der Waals surface area contributed by atoms with E-state index < -0.39 is 17.0 Å². The Kier molecular flexibility index (Phi) is 5.97. The highest BCUT2D eigenvalue weighted by atomic mass is 32.2. The molecule has 0 radical (unpaired) electrons. The first-order valence-electron chi connectivity index (χ1n) is 8.70. The number of amides is 2. The van der Waals surface area contributed by atoms with Crippen LogP contribution >= 0.6 is 11.8 Å². The number of carbonyl (C=O) groups is 2. The van der Waals surface area contributed by atoms with Gasteiger partial charge in [0.25, 0.3) is 0 Å². The van der Waals surface area contributed by atoms with E-state index in [1.165, 1.54) is 24.1 Å². The van der Waals surface area contributed by atoms with E-state index in [0.717, 1.165) is 29.5 Å². The van der Waals surface area contributed by atoms with Crippen LogP contribution in [0, 0.1) is 6.92 Å². The Bertz CT molecular complexity index is 958. The van der Waals surface area contributed by atoms with E-state index in [4.69, 9.17) is 0 Å². The predicted molar refractivity (Wildman–Crippen MR) is 107 cm³/mol. The first-order chi connectivity index (χ1) is 13.6. The number of nitrogens with one attached hydrogen (secondary N) is 1. The van der Waals surface area contributed by atoms with Crippen LogP contribution in [0.2, 0.25) is 0 Å². The third-order valence-electron chi connectivity index (χ3n) is 4.24. The molecular weight excluding hydrogens is 403 g/mol. The molecule has 0 spiro atoms. The molecule has 1 unspecified atom stereocenters. The second-order valence-electron chi connectivity index (χ2n) is 6.56. The third kappa shape index (κ3) is 5.17. The minimum absolute atomic E-state index is 0.0661. The number of hydrogen-bond acceptors (Lipinski definition) is 4. The minimum Gasteiger partial charge on any atom is -0.326 e. The fraction of sp³-hybridized carbons (Fsp3) is 0.250. The molecule has 1 aliphatic heterocycles. The van der Waals surface area contributed by atoms with Crippen molar-refractivity contribution < 1.29 is 22.8 Å². The van der Waals surface area contributed by atoms with Gasteiger partial charge in [-0.3, -0.25) is 14.5 Å². The lowest BCUT2D eigenvalue weighted by molar-refractivity contribution is -0.137. The molecule has 3 rings (SSSR count). The molecule has 1 fully saturated rings. The second-order valence-corrected chi connectivity index (χ2v) is 7.73. The zero-order chi connectivity index (χ0) is 21.2. The lowest BCUT2D eigenvalue weighted by atomic mass is 10.2. The number of thioether (sulfide) groups is 1. The Morgan fingerprint density at radius 2 is 1.90 bits per heavy atom. The topological polar surface area (TPSA) is 61.8 Å². The first-order valence-corrected chi connectivity index (χ1v) is 9.58. The number of nitrogens with zero attached hydrogens (tertiary/aromatic N) is 2. The number of alkyl halides is 3. The van der Waals surface area contributed by atoms with Gasteiger partial charge < -0.3 is 5.32 Å². The molecule has 0 aliphatic carbocycles. The lowest BCUT2D eigenvalue weighted by Crippen LogP contribution is -2.30. The van der Waals surface area contributed by atoms with Crippen LogP contribution in [0.4, 0.5) is 24.5 Å². The summed E-state index contributed by atoms with van der Waals surface area (Å²) in [4.78, 5) is 30.1. The van der Waals surface area contributed by atoms with Gasteiger partial charge in [-0.2, -0.15) is 13.2 Å². The zero-order valence-electron chi connectivity index (χ0n) is 15.7. The van der Waals surface area contributed by atoms with Gasteiger partial charge in [0, 0.05) is 19.2 Å². The zero-order valence-corrected chi connectivity index (χ0v) is 16.5. The second kappa shape index (κ2) is 8.28. The molecule has 5 nitrogen and oxygen atoms in total. The number of rotatable bonds is 4. The van der Waals surface area contributed by atoms with E-state index in [0.29, 0.717) is 5.69 Å². The highest BCUT2D eigenvalue weighted by molar-refractivity contribution is 8.15. The number of aryl methyl sites for hydroxylation is 1. The molecule has 1 heterocycles. The molecule has 9 heteroatoms. The van der Waals surface area contributed by atoms with Crippen LogP contribution in [0.5, 0.6) is 0 Å². The Morgan fingerprint density at radius 1 is 1.21 bits per heavy atom. The lowest BCUT2D eigenvalue weighted by Gasteiger charge is -2.10. The van der Waals surface area contributed by atoms with Crippen LogP contribution in [0.15, 0.2) is 53.5 Å². The predicted octanol–water partition coefficient (Wildman–Crippen LogP) is 4.60. The highest BCUT2D eigenvalue weighted by Gasteiger charge is 2.37. The minimum atomic E-state index is -4.47. The summed E-state index contributed by atoms with van der Waals surface area (Å²) in [6, 6.07) is 11.8. The van der Waals surface area contributed by atoms with Gasteiger partial charge >= 0.3 is 6.18 Å². The number of halogens is 3. The summed E-state index contributed by atoms with van der Waals surface area (Å²) in [6.07, 6.45) is -4.54. The van der Waals surface area contributed by atoms with Crippen molar-refractivity contribution in [2.24, 2.45) is 4.99 Å². The highest BCUT2D eigenvalue weighted by Crippen LogP contribution is 2.34. The van der Waals surface area contributed by atoms with Crippen molar-refractivity contribution in [2.45, 2.75) is 24.8 Å². The quantitative estimate of drug-likeness (QED) is 0.785. The molecular formula is C20H18F3N3O2S. The molecule has 1 saturated heterocycles. The molecule has 2 aromatic carbocycles. The van der Waals surface area contributed by atoms with Gasteiger partial charge in [0.15, 0.2) is 5.17 Å². The van der Waals surface area contributed by atoms with Crippen LogP contribution in [0.1, 0.15) is 17.5 Å². The number of hydrogen-bond donors (Lipinski definition) is 1. The van der Waals surface area contributed by atoms with E-state index >= 15 is 0 Å². The van der Waals surface area contributed by atoms with E-state index in [1.54, 1.807) is 12.1 Å². The number of anilines is 1. The monoisotopic (exact) mass is 421 g/mol. The summed E-state index contributed by atoms with van der Waals surface area (Å²) >= 11 is 1.06. The van der Waals surface area contributed by atoms with E-state index in [1.807, 2.05) is 19.1 Å². The van der Waals surface area contributed by atoms with Crippen molar-refractivity contribution >= 4 is 40.1 Å². The van der Waals surface area contributed by atoms with Crippen LogP contribution in [-0.2, 0) is 15.8 Å². The number of aliphatic imine (C=N–C) groups is 1. The summed E-state index contributed by atoms with van der Waals surface area (Å²) in [6.45, 7) is 1.93. The summed E-state index contributed by atoms with van der Waals surface area (Å²) in [7, 11) is 1.49.